The molecule has 6 nitrogen and oxygen atoms in total. The Morgan fingerprint density at radius 1 is 0.947 bits per heavy atom. The topological polar surface area (TPSA) is 68.4 Å². The number of anilines is 1. The van der Waals surface area contributed by atoms with Gasteiger partial charge in [0.1, 0.15) is 6.54 Å². The van der Waals surface area contributed by atoms with E-state index in [4.69, 9.17) is 0 Å². The normalized spacial score (nSPS) is 12.9. The Labute approximate surface area is 224 Å². The Kier molecular flexibility index (Phi) is 7.50. The molecule has 38 heavy (non-hydrogen) atoms. The molecule has 0 aliphatic heterocycles. The molecule has 0 radical (unpaired) electrons. The third-order valence-corrected chi connectivity index (χ3v) is 7.49. The minimum Gasteiger partial charge on any atom is -0.361 e. The maximum Gasteiger partial charge on any atom is 0.322 e. The molecule has 196 valence electrons. The lowest BCUT2D eigenvalue weighted by molar-refractivity contribution is -0.132. The number of nitrogens with zero attached hydrogens (tertiary/aromatic N) is 2. The molecule has 0 unspecified atom stereocenters. The first kappa shape index (κ1) is 25.6. The number of fused-ring (bicyclic) bond motifs is 1. The van der Waals surface area contributed by atoms with Crippen molar-refractivity contribution in [3.05, 3.63) is 101 Å². The average molecular weight is 509 g/mol. The third-order valence-electron chi connectivity index (χ3n) is 7.49. The van der Waals surface area contributed by atoms with Crippen LogP contribution in [-0.4, -0.2) is 45.9 Å². The molecule has 1 saturated carbocycles. The second-order valence-corrected chi connectivity index (χ2v) is 10.5. The molecule has 5 rings (SSSR count). The Morgan fingerprint density at radius 3 is 2.45 bits per heavy atom. The predicted octanol–water partition coefficient (Wildman–Crippen LogP) is 6.36. The molecular formula is C32H36N4O2. The summed E-state index contributed by atoms with van der Waals surface area (Å²) < 4.78 is 0. The van der Waals surface area contributed by atoms with E-state index >= 15 is 0 Å². The maximum atomic E-state index is 13.7. The number of para-hydroxylation sites is 1. The van der Waals surface area contributed by atoms with Gasteiger partial charge in [-0.25, -0.2) is 4.79 Å². The van der Waals surface area contributed by atoms with E-state index < -0.39 is 0 Å². The van der Waals surface area contributed by atoms with Crippen LogP contribution < -0.4 is 5.32 Å². The summed E-state index contributed by atoms with van der Waals surface area (Å²) in [7, 11) is 0. The first-order valence-corrected chi connectivity index (χ1v) is 13.4. The lowest BCUT2D eigenvalue weighted by Crippen LogP contribution is -2.45. The van der Waals surface area contributed by atoms with Crippen LogP contribution in [0, 0.1) is 20.8 Å². The molecule has 1 aromatic heterocycles. The SMILES string of the molecule is Cc1ccc(CN(CCc2c[nH]c3ccccc23)C(=O)CN(C(=O)Nc2ccc(C)c(C)c2)C2CC2)cc1. The third kappa shape index (κ3) is 6.08. The molecule has 0 spiro atoms. The molecule has 0 atom stereocenters. The smallest absolute Gasteiger partial charge is 0.322 e. The van der Waals surface area contributed by atoms with Crippen LogP contribution in [0.1, 0.15) is 40.7 Å². The van der Waals surface area contributed by atoms with Crippen LogP contribution in [0.25, 0.3) is 10.9 Å². The summed E-state index contributed by atoms with van der Waals surface area (Å²) >= 11 is 0. The van der Waals surface area contributed by atoms with Crippen LogP contribution in [0.2, 0.25) is 0 Å². The van der Waals surface area contributed by atoms with Gasteiger partial charge in [0.05, 0.1) is 0 Å². The highest BCUT2D eigenvalue weighted by atomic mass is 16.2. The second kappa shape index (κ2) is 11.1. The van der Waals surface area contributed by atoms with Crippen molar-refractivity contribution in [3.63, 3.8) is 0 Å². The van der Waals surface area contributed by atoms with Crippen LogP contribution in [-0.2, 0) is 17.8 Å². The van der Waals surface area contributed by atoms with Crippen molar-refractivity contribution in [1.82, 2.24) is 14.8 Å². The van der Waals surface area contributed by atoms with Gasteiger partial charge in [0.15, 0.2) is 0 Å². The first-order valence-electron chi connectivity index (χ1n) is 13.4. The minimum absolute atomic E-state index is 0.0347. The van der Waals surface area contributed by atoms with E-state index in [2.05, 4.69) is 60.5 Å². The highest BCUT2D eigenvalue weighted by Gasteiger charge is 2.35. The Morgan fingerprint density at radius 2 is 1.71 bits per heavy atom. The first-order chi connectivity index (χ1) is 18.4. The molecule has 3 amide bonds. The van der Waals surface area contributed by atoms with Crippen molar-refractivity contribution >= 4 is 28.5 Å². The van der Waals surface area contributed by atoms with Gasteiger partial charge in [-0.2, -0.15) is 0 Å². The molecule has 2 N–H and O–H groups in total. The number of aromatic nitrogens is 1. The number of hydrogen-bond acceptors (Lipinski definition) is 2. The number of benzene rings is 3. The number of rotatable bonds is 9. The van der Waals surface area contributed by atoms with Crippen LogP contribution in [0.5, 0.6) is 0 Å². The molecule has 3 aromatic carbocycles. The summed E-state index contributed by atoms with van der Waals surface area (Å²) in [5, 5.41) is 4.20. The molecule has 6 heteroatoms. The Bertz CT molecular complexity index is 1440. The summed E-state index contributed by atoms with van der Waals surface area (Å²) in [6.45, 7) is 7.30. The fourth-order valence-corrected chi connectivity index (χ4v) is 4.81. The number of aromatic amines is 1. The lowest BCUT2D eigenvalue weighted by Gasteiger charge is -2.28. The van der Waals surface area contributed by atoms with Crippen LogP contribution in [0.15, 0.2) is 72.9 Å². The summed E-state index contributed by atoms with van der Waals surface area (Å²) in [5.74, 6) is -0.0347. The number of aryl methyl sites for hydroxylation is 3. The molecule has 0 saturated heterocycles. The van der Waals surface area contributed by atoms with E-state index in [0.717, 1.165) is 41.6 Å². The van der Waals surface area contributed by atoms with Gasteiger partial charge >= 0.3 is 6.03 Å². The number of amides is 3. The van der Waals surface area contributed by atoms with Crippen molar-refractivity contribution in [1.29, 1.82) is 0 Å². The number of H-pyrrole nitrogens is 1. The van der Waals surface area contributed by atoms with Crippen molar-refractivity contribution < 1.29 is 9.59 Å². The molecule has 1 fully saturated rings. The standard InChI is InChI=1S/C32H36N4O2/c1-22-8-11-25(12-9-22)20-35(17-16-26-19-33-30-7-5-4-6-29(26)30)31(37)21-36(28-14-15-28)32(38)34-27-13-10-23(2)24(3)18-27/h4-13,18-19,28,33H,14-17,20-21H2,1-3H3,(H,34,38). The average Bonchev–Trinajstić information content (AvgIpc) is 3.67. The highest BCUT2D eigenvalue weighted by Crippen LogP contribution is 2.28. The number of hydrogen-bond donors (Lipinski definition) is 2. The van der Waals surface area contributed by atoms with Gasteiger partial charge in [0.2, 0.25) is 5.91 Å². The lowest BCUT2D eigenvalue weighted by atomic mass is 10.1. The van der Waals surface area contributed by atoms with Crippen LogP contribution in [0.3, 0.4) is 0 Å². The largest absolute Gasteiger partial charge is 0.361 e. The van der Waals surface area contributed by atoms with E-state index in [1.807, 2.05) is 48.4 Å². The summed E-state index contributed by atoms with van der Waals surface area (Å²) in [6.07, 6.45) is 4.63. The zero-order valence-corrected chi connectivity index (χ0v) is 22.5. The van der Waals surface area contributed by atoms with Gasteiger partial charge in [0, 0.05) is 41.9 Å². The maximum absolute atomic E-state index is 13.7. The van der Waals surface area contributed by atoms with Gasteiger partial charge in [-0.3, -0.25) is 4.79 Å². The van der Waals surface area contributed by atoms with Gasteiger partial charge in [-0.1, -0.05) is 54.1 Å². The number of carbonyl (C=O) groups is 2. The quantitative estimate of drug-likeness (QED) is 0.276. The van der Waals surface area contributed by atoms with Crippen LogP contribution in [0.4, 0.5) is 10.5 Å². The van der Waals surface area contributed by atoms with E-state index in [1.165, 1.54) is 22.1 Å². The molecule has 1 heterocycles. The zero-order valence-electron chi connectivity index (χ0n) is 22.5. The van der Waals surface area contributed by atoms with Crippen molar-refractivity contribution in [2.45, 2.75) is 52.6 Å². The molecule has 0 bridgehead atoms. The van der Waals surface area contributed by atoms with E-state index in [0.29, 0.717) is 13.1 Å². The monoisotopic (exact) mass is 508 g/mol. The Balaban J connectivity index is 1.32. The Hall–Kier alpha value is -4.06. The van der Waals surface area contributed by atoms with E-state index in [-0.39, 0.29) is 24.5 Å². The van der Waals surface area contributed by atoms with Gasteiger partial charge in [0.25, 0.3) is 0 Å². The molecule has 1 aliphatic carbocycles. The second-order valence-electron chi connectivity index (χ2n) is 10.5. The van der Waals surface area contributed by atoms with Crippen molar-refractivity contribution in [2.75, 3.05) is 18.4 Å². The fraction of sp³-hybridized carbons (Fsp3) is 0.312. The minimum atomic E-state index is -0.212. The van der Waals surface area contributed by atoms with Gasteiger partial charge in [-0.15, -0.1) is 0 Å². The van der Waals surface area contributed by atoms with Crippen molar-refractivity contribution in [3.8, 4) is 0 Å². The molecular weight excluding hydrogens is 472 g/mol. The van der Waals surface area contributed by atoms with Gasteiger partial charge in [-0.05, 0) is 80.5 Å². The van der Waals surface area contributed by atoms with Crippen molar-refractivity contribution in [2.24, 2.45) is 0 Å². The molecule has 1 aliphatic rings. The summed E-state index contributed by atoms with van der Waals surface area (Å²) in [4.78, 5) is 33.9. The fourth-order valence-electron chi connectivity index (χ4n) is 4.81. The van der Waals surface area contributed by atoms with Gasteiger partial charge < -0.3 is 20.1 Å². The number of carbonyl (C=O) groups excluding carboxylic acids is 2. The predicted molar refractivity (Wildman–Crippen MR) is 153 cm³/mol. The number of nitrogens with one attached hydrogen (secondary N) is 2. The zero-order chi connectivity index (χ0) is 26.6. The summed E-state index contributed by atoms with van der Waals surface area (Å²) in [6, 6.07) is 22.3. The van der Waals surface area contributed by atoms with E-state index in [9.17, 15) is 9.59 Å². The summed E-state index contributed by atoms with van der Waals surface area (Å²) in [5.41, 5.74) is 7.62. The van der Waals surface area contributed by atoms with E-state index in [1.54, 1.807) is 4.90 Å². The molecule has 4 aromatic rings. The number of urea groups is 1. The highest BCUT2D eigenvalue weighted by molar-refractivity contribution is 5.93. The van der Waals surface area contributed by atoms with Crippen LogP contribution >= 0.6 is 0 Å².